The van der Waals surface area contributed by atoms with Gasteiger partial charge < -0.3 is 9.84 Å². The number of carbonyl (C=O) groups is 1. The Hall–Kier alpha value is -1.92. The van der Waals surface area contributed by atoms with E-state index in [1.807, 2.05) is 0 Å². The summed E-state index contributed by atoms with van der Waals surface area (Å²) >= 11 is 0.147. The molecule has 3 nitrogen and oxygen atoms in total. The molecule has 1 atom stereocenters. The van der Waals surface area contributed by atoms with Gasteiger partial charge in [0, 0.05) is 10.5 Å². The van der Waals surface area contributed by atoms with Crippen LogP contribution in [0, 0.1) is 0 Å². The zero-order valence-corrected chi connectivity index (χ0v) is 11.4. The predicted molar refractivity (Wildman–Crippen MR) is 73.0 cm³/mol. The normalized spacial score (nSPS) is 21.0. The van der Waals surface area contributed by atoms with Crippen molar-refractivity contribution in [3.63, 3.8) is 0 Å². The quantitative estimate of drug-likeness (QED) is 0.697. The number of halogens is 2. The number of benzene rings is 2. The lowest BCUT2D eigenvalue weighted by Gasteiger charge is -2.30. The molecule has 1 unspecified atom stereocenters. The summed E-state index contributed by atoms with van der Waals surface area (Å²) in [5.74, 6) is -3.93. The van der Waals surface area contributed by atoms with Crippen LogP contribution in [0.3, 0.4) is 0 Å². The third kappa shape index (κ3) is 2.20. The molecule has 1 aliphatic heterocycles. The molecule has 3 rings (SSSR count). The fraction of sp³-hybridized carbons (Fsp3) is 0.133. The van der Waals surface area contributed by atoms with Crippen LogP contribution in [0.5, 0.6) is 0 Å². The van der Waals surface area contributed by atoms with Crippen molar-refractivity contribution in [3.8, 4) is 0 Å². The highest BCUT2D eigenvalue weighted by molar-refractivity contribution is 8.00. The zero-order chi connectivity index (χ0) is 15.1. The molecule has 1 heterocycles. The van der Waals surface area contributed by atoms with Gasteiger partial charge in [-0.3, -0.25) is 0 Å². The number of aliphatic hydroxyl groups is 1. The summed E-state index contributed by atoms with van der Waals surface area (Å²) in [5, 5.41) is 6.56. The van der Waals surface area contributed by atoms with Crippen LogP contribution in [0.4, 0.5) is 8.78 Å². The second-order valence-electron chi connectivity index (χ2n) is 4.51. The van der Waals surface area contributed by atoms with Gasteiger partial charge in [-0.1, -0.05) is 36.4 Å². The molecule has 2 aromatic rings. The molecule has 6 heteroatoms. The number of alkyl halides is 2. The Morgan fingerprint density at radius 1 is 1.05 bits per heavy atom. The number of cyclic esters (lactones) is 1. The molecule has 0 amide bonds. The van der Waals surface area contributed by atoms with E-state index in [0.29, 0.717) is 0 Å². The average molecular weight is 308 g/mol. The molecule has 2 aromatic carbocycles. The van der Waals surface area contributed by atoms with Crippen LogP contribution in [0.2, 0.25) is 0 Å². The van der Waals surface area contributed by atoms with Crippen molar-refractivity contribution in [3.05, 3.63) is 65.7 Å². The maximum Gasteiger partial charge on any atom is 0.366 e. The van der Waals surface area contributed by atoms with E-state index in [9.17, 15) is 18.7 Å². The van der Waals surface area contributed by atoms with E-state index in [4.69, 9.17) is 0 Å². The number of carbonyl (C=O) groups excluding carboxylic acids is 1. The number of fused-ring (bicyclic) bond motifs is 1. The molecule has 1 N–H and O–H groups in total. The Morgan fingerprint density at radius 3 is 2.38 bits per heavy atom. The Bertz CT molecular complexity index is 690. The summed E-state index contributed by atoms with van der Waals surface area (Å²) < 4.78 is 33.6. The van der Waals surface area contributed by atoms with Crippen LogP contribution in [0.1, 0.15) is 15.9 Å². The van der Waals surface area contributed by atoms with Crippen LogP contribution < -0.4 is 0 Å². The van der Waals surface area contributed by atoms with Crippen molar-refractivity contribution in [1.82, 2.24) is 0 Å². The zero-order valence-electron chi connectivity index (χ0n) is 10.6. The van der Waals surface area contributed by atoms with Crippen molar-refractivity contribution < 1.29 is 23.4 Å². The number of hydrogen-bond acceptors (Lipinski definition) is 4. The fourth-order valence-corrected chi connectivity index (χ4v) is 3.00. The molecule has 0 fully saturated rings. The first-order chi connectivity index (χ1) is 9.94. The first kappa shape index (κ1) is 14.0. The maximum atomic E-state index is 14.5. The lowest BCUT2D eigenvalue weighted by molar-refractivity contribution is -0.255. The molecule has 0 saturated carbocycles. The van der Waals surface area contributed by atoms with Gasteiger partial charge in [0.05, 0.1) is 5.56 Å². The van der Waals surface area contributed by atoms with Gasteiger partial charge in [-0.15, -0.1) is 0 Å². The van der Waals surface area contributed by atoms with Crippen molar-refractivity contribution in [2.45, 2.75) is 15.9 Å². The van der Waals surface area contributed by atoms with Gasteiger partial charge in [0.2, 0.25) is 0 Å². The Balaban J connectivity index is 2.01. The molecule has 0 saturated heterocycles. The third-order valence-electron chi connectivity index (χ3n) is 3.14. The fourth-order valence-electron chi connectivity index (χ4n) is 2.12. The molecular weight excluding hydrogens is 298 g/mol. The van der Waals surface area contributed by atoms with E-state index < -0.39 is 17.0 Å². The summed E-state index contributed by atoms with van der Waals surface area (Å²) in [6.45, 7) is 0. The van der Waals surface area contributed by atoms with E-state index in [0.717, 1.165) is 0 Å². The number of thioether (sulfide) groups is 1. The standard InChI is InChI=1S/C15H10F2O3S/c16-15(17,21-10-6-2-1-3-7-10)14(19)12-9-5-4-8-11(12)13(18)20-14/h1-9,19H. The van der Waals surface area contributed by atoms with E-state index in [1.54, 1.807) is 18.2 Å². The molecule has 0 bridgehead atoms. The minimum atomic E-state index is -3.73. The number of ether oxygens (including phenoxy) is 1. The highest BCUT2D eigenvalue weighted by Crippen LogP contribution is 2.52. The average Bonchev–Trinajstić information content (AvgIpc) is 2.74. The Kier molecular flexibility index (Phi) is 3.22. The lowest BCUT2D eigenvalue weighted by atomic mass is 10.0. The monoisotopic (exact) mass is 308 g/mol. The van der Waals surface area contributed by atoms with E-state index >= 15 is 0 Å². The largest absolute Gasteiger partial charge is 0.417 e. The summed E-state index contributed by atoms with van der Waals surface area (Å²) in [6, 6.07) is 13.5. The molecule has 21 heavy (non-hydrogen) atoms. The van der Waals surface area contributed by atoms with Crippen LogP contribution in [-0.4, -0.2) is 16.3 Å². The summed E-state index contributed by atoms with van der Waals surface area (Å²) in [5.41, 5.74) is -0.267. The summed E-state index contributed by atoms with van der Waals surface area (Å²) in [4.78, 5) is 11.9. The maximum absolute atomic E-state index is 14.5. The molecule has 0 radical (unpaired) electrons. The van der Waals surface area contributed by atoms with Gasteiger partial charge >= 0.3 is 17.0 Å². The van der Waals surface area contributed by atoms with Gasteiger partial charge in [0.1, 0.15) is 0 Å². The smallest absolute Gasteiger partial charge is 0.366 e. The molecule has 1 aliphatic rings. The molecule has 0 aliphatic carbocycles. The molecular formula is C15H10F2O3S. The highest BCUT2D eigenvalue weighted by Gasteiger charge is 2.63. The predicted octanol–water partition coefficient (Wildman–Crippen LogP) is 3.39. The van der Waals surface area contributed by atoms with Crippen LogP contribution in [0.25, 0.3) is 0 Å². The van der Waals surface area contributed by atoms with E-state index in [2.05, 4.69) is 4.74 Å². The van der Waals surface area contributed by atoms with Crippen molar-refractivity contribution in [1.29, 1.82) is 0 Å². The number of esters is 1. The van der Waals surface area contributed by atoms with Gasteiger partial charge in [-0.25, -0.2) is 4.79 Å². The van der Waals surface area contributed by atoms with Gasteiger partial charge in [0.15, 0.2) is 0 Å². The molecule has 108 valence electrons. The topological polar surface area (TPSA) is 46.5 Å². The lowest BCUT2D eigenvalue weighted by Crippen LogP contribution is -2.43. The molecule has 0 spiro atoms. The number of hydrogen-bond donors (Lipinski definition) is 1. The SMILES string of the molecule is O=C1OC(O)(C(F)(F)Sc2ccccc2)c2ccccc21. The minimum absolute atomic E-state index is 0.0478. The van der Waals surface area contributed by atoms with Gasteiger partial charge in [-0.2, -0.15) is 8.78 Å². The van der Waals surface area contributed by atoms with Crippen LogP contribution >= 0.6 is 11.8 Å². The third-order valence-corrected chi connectivity index (χ3v) is 4.18. The second kappa shape index (κ2) is 4.82. The minimum Gasteiger partial charge on any atom is -0.417 e. The van der Waals surface area contributed by atoms with E-state index in [1.165, 1.54) is 36.4 Å². The Morgan fingerprint density at radius 2 is 1.67 bits per heavy atom. The highest BCUT2D eigenvalue weighted by atomic mass is 32.2. The summed E-state index contributed by atoms with van der Waals surface area (Å²) in [6.07, 6.45) is 0. The Labute approximate surface area is 123 Å². The van der Waals surface area contributed by atoms with Crippen molar-refractivity contribution in [2.24, 2.45) is 0 Å². The van der Waals surface area contributed by atoms with Crippen molar-refractivity contribution >= 4 is 17.7 Å². The molecule has 0 aromatic heterocycles. The van der Waals surface area contributed by atoms with E-state index in [-0.39, 0.29) is 27.8 Å². The first-order valence-corrected chi connectivity index (χ1v) is 6.93. The summed E-state index contributed by atoms with van der Waals surface area (Å²) in [7, 11) is 0. The van der Waals surface area contributed by atoms with Crippen LogP contribution in [-0.2, 0) is 10.5 Å². The van der Waals surface area contributed by atoms with Crippen LogP contribution in [0.15, 0.2) is 59.5 Å². The second-order valence-corrected chi connectivity index (χ2v) is 5.70. The first-order valence-electron chi connectivity index (χ1n) is 6.11. The van der Waals surface area contributed by atoms with Crippen molar-refractivity contribution in [2.75, 3.05) is 0 Å². The van der Waals surface area contributed by atoms with Gasteiger partial charge in [-0.05, 0) is 30.0 Å². The number of rotatable bonds is 3. The van der Waals surface area contributed by atoms with Gasteiger partial charge in [0.25, 0.3) is 0 Å².